The van der Waals surface area contributed by atoms with E-state index in [0.29, 0.717) is 47.1 Å². The van der Waals surface area contributed by atoms with Crippen LogP contribution in [0, 0.1) is 46.8 Å². The minimum Gasteiger partial charge on any atom is -0.300 e. The largest absolute Gasteiger partial charge is 0.300 e. The molecule has 4 aliphatic carbocycles. The Hall–Kier alpha value is -1.10. The van der Waals surface area contributed by atoms with Crippen molar-refractivity contribution >= 4 is 11.6 Å². The second-order valence-electron chi connectivity index (χ2n) is 8.94. The number of hydrogen-bond donors (Lipinski definition) is 0. The third-order valence-corrected chi connectivity index (χ3v) is 8.34. The average molecular weight is 312 g/mol. The van der Waals surface area contributed by atoms with E-state index in [0.717, 1.165) is 44.9 Å². The van der Waals surface area contributed by atoms with Crippen molar-refractivity contribution < 1.29 is 9.59 Å². The summed E-state index contributed by atoms with van der Waals surface area (Å²) in [7, 11) is 0. The molecule has 0 aromatic rings. The molecule has 2 heteroatoms. The van der Waals surface area contributed by atoms with Gasteiger partial charge in [-0.05, 0) is 67.6 Å². The lowest BCUT2D eigenvalue weighted by Gasteiger charge is -2.59. The van der Waals surface area contributed by atoms with Crippen molar-refractivity contribution in [3.63, 3.8) is 0 Å². The molecule has 0 bridgehead atoms. The quantitative estimate of drug-likeness (QED) is 0.681. The first-order valence-electron chi connectivity index (χ1n) is 9.50. The van der Waals surface area contributed by atoms with Crippen LogP contribution >= 0.6 is 0 Å². The van der Waals surface area contributed by atoms with E-state index in [1.807, 2.05) is 0 Å². The molecule has 0 aromatic heterocycles. The fourth-order valence-electron chi connectivity index (χ4n) is 7.13. The SMILES string of the molecule is C#CC[C@]12CC[C@H]3[C@@H](CCC4CC(=O)CC[C@@]43C)[C@@H]1CCC2=O. The van der Waals surface area contributed by atoms with Gasteiger partial charge in [0.15, 0.2) is 0 Å². The van der Waals surface area contributed by atoms with Gasteiger partial charge in [-0.25, -0.2) is 0 Å². The highest BCUT2D eigenvalue weighted by Crippen LogP contribution is 2.65. The van der Waals surface area contributed by atoms with Crippen LogP contribution in [-0.2, 0) is 9.59 Å². The number of Topliss-reactive ketones (excluding diaryl/α,β-unsaturated/α-hetero) is 2. The van der Waals surface area contributed by atoms with Crippen LogP contribution in [-0.4, -0.2) is 11.6 Å². The zero-order chi connectivity index (χ0) is 16.2. The second-order valence-corrected chi connectivity index (χ2v) is 8.94. The summed E-state index contributed by atoms with van der Waals surface area (Å²) in [6.07, 6.45) is 15.3. The molecule has 0 saturated heterocycles. The van der Waals surface area contributed by atoms with Crippen molar-refractivity contribution in [3.05, 3.63) is 0 Å². The summed E-state index contributed by atoms with van der Waals surface area (Å²) in [5, 5.41) is 0. The van der Waals surface area contributed by atoms with Gasteiger partial charge in [-0.15, -0.1) is 12.3 Å². The summed E-state index contributed by atoms with van der Waals surface area (Å²) in [5.41, 5.74) is 0.133. The Labute approximate surface area is 139 Å². The number of carbonyl (C=O) groups excluding carboxylic acids is 2. The third kappa shape index (κ3) is 2.01. The van der Waals surface area contributed by atoms with Crippen molar-refractivity contribution in [2.24, 2.45) is 34.5 Å². The molecule has 0 aromatic carbocycles. The van der Waals surface area contributed by atoms with Gasteiger partial charge < -0.3 is 0 Å². The molecule has 0 amide bonds. The van der Waals surface area contributed by atoms with Crippen LogP contribution in [0.5, 0.6) is 0 Å². The highest BCUT2D eigenvalue weighted by atomic mass is 16.1. The molecule has 4 saturated carbocycles. The Morgan fingerprint density at radius 1 is 1.09 bits per heavy atom. The number of rotatable bonds is 1. The lowest BCUT2D eigenvalue weighted by Crippen LogP contribution is -2.54. The number of terminal acetylenes is 1. The first kappa shape index (κ1) is 15.4. The zero-order valence-electron chi connectivity index (χ0n) is 14.3. The molecule has 23 heavy (non-hydrogen) atoms. The van der Waals surface area contributed by atoms with E-state index in [9.17, 15) is 9.59 Å². The predicted molar refractivity (Wildman–Crippen MR) is 89.5 cm³/mol. The monoisotopic (exact) mass is 312 g/mol. The maximum atomic E-state index is 12.7. The maximum absolute atomic E-state index is 12.7. The molecule has 4 rings (SSSR count). The molecule has 0 aliphatic heterocycles. The van der Waals surface area contributed by atoms with Gasteiger partial charge in [-0.1, -0.05) is 6.92 Å². The molecule has 4 fully saturated rings. The molecule has 0 N–H and O–H groups in total. The van der Waals surface area contributed by atoms with Gasteiger partial charge >= 0.3 is 0 Å². The number of fused-ring (bicyclic) bond motifs is 5. The van der Waals surface area contributed by atoms with E-state index in [4.69, 9.17) is 6.42 Å². The van der Waals surface area contributed by atoms with Crippen molar-refractivity contribution in [3.8, 4) is 12.3 Å². The molecular formula is C21H28O2. The topological polar surface area (TPSA) is 34.1 Å². The van der Waals surface area contributed by atoms with Gasteiger partial charge in [0.2, 0.25) is 0 Å². The normalized spacial score (nSPS) is 49.0. The molecular weight excluding hydrogens is 284 g/mol. The van der Waals surface area contributed by atoms with Gasteiger partial charge in [-0.3, -0.25) is 9.59 Å². The molecule has 6 atom stereocenters. The highest BCUT2D eigenvalue weighted by molar-refractivity contribution is 5.88. The van der Waals surface area contributed by atoms with Crippen molar-refractivity contribution in [2.45, 2.75) is 71.1 Å². The molecule has 0 radical (unpaired) electrons. The van der Waals surface area contributed by atoms with E-state index in [1.165, 1.54) is 12.8 Å². The van der Waals surface area contributed by atoms with Crippen LogP contribution < -0.4 is 0 Å². The van der Waals surface area contributed by atoms with Crippen LogP contribution in [0.3, 0.4) is 0 Å². The Morgan fingerprint density at radius 2 is 1.91 bits per heavy atom. The standard InChI is InChI=1S/C21H28O2/c1-3-10-21-12-9-17-16(18(21)6-7-19(21)23)5-4-14-13-15(22)8-11-20(14,17)2/h1,14,16-18H,4-13H2,2H3/t14?,16-,17+,18+,20+,21+/m1/s1. The Kier molecular flexibility index (Phi) is 3.49. The summed E-state index contributed by atoms with van der Waals surface area (Å²) in [6, 6.07) is 0. The summed E-state index contributed by atoms with van der Waals surface area (Å²) in [5.74, 6) is 6.22. The van der Waals surface area contributed by atoms with E-state index in [-0.39, 0.29) is 5.41 Å². The van der Waals surface area contributed by atoms with E-state index < -0.39 is 0 Å². The number of carbonyl (C=O) groups is 2. The van der Waals surface area contributed by atoms with E-state index >= 15 is 0 Å². The van der Waals surface area contributed by atoms with E-state index in [1.54, 1.807) is 0 Å². The highest BCUT2D eigenvalue weighted by Gasteiger charge is 2.61. The number of ketones is 2. The summed E-state index contributed by atoms with van der Waals surface area (Å²) in [4.78, 5) is 24.6. The summed E-state index contributed by atoms with van der Waals surface area (Å²) in [6.45, 7) is 2.45. The van der Waals surface area contributed by atoms with Gasteiger partial charge in [0.05, 0.1) is 0 Å². The lowest BCUT2D eigenvalue weighted by molar-refractivity contribution is -0.145. The van der Waals surface area contributed by atoms with E-state index in [2.05, 4.69) is 12.8 Å². The van der Waals surface area contributed by atoms with Gasteiger partial charge in [0, 0.05) is 31.1 Å². The van der Waals surface area contributed by atoms with Gasteiger partial charge in [0.1, 0.15) is 11.6 Å². The minimum atomic E-state index is -0.191. The molecule has 2 nitrogen and oxygen atoms in total. The van der Waals surface area contributed by atoms with Crippen LogP contribution in [0.25, 0.3) is 0 Å². The van der Waals surface area contributed by atoms with Crippen molar-refractivity contribution in [2.75, 3.05) is 0 Å². The molecule has 0 spiro atoms. The van der Waals surface area contributed by atoms with Crippen molar-refractivity contribution in [1.29, 1.82) is 0 Å². The summed E-state index contributed by atoms with van der Waals surface area (Å²) < 4.78 is 0. The number of hydrogen-bond acceptors (Lipinski definition) is 2. The molecule has 0 heterocycles. The van der Waals surface area contributed by atoms with Gasteiger partial charge in [-0.2, -0.15) is 0 Å². The minimum absolute atomic E-state index is 0.191. The Balaban J connectivity index is 1.66. The Bertz CT molecular complexity index is 585. The maximum Gasteiger partial charge on any atom is 0.140 e. The Morgan fingerprint density at radius 3 is 2.70 bits per heavy atom. The summed E-state index contributed by atoms with van der Waals surface area (Å²) >= 11 is 0. The lowest BCUT2D eigenvalue weighted by atomic mass is 9.45. The fraction of sp³-hybridized carbons (Fsp3) is 0.810. The van der Waals surface area contributed by atoms with Crippen molar-refractivity contribution in [1.82, 2.24) is 0 Å². The first-order chi connectivity index (χ1) is 11.0. The van der Waals surface area contributed by atoms with Crippen LogP contribution in [0.2, 0.25) is 0 Å². The molecule has 124 valence electrons. The first-order valence-corrected chi connectivity index (χ1v) is 9.50. The smallest absolute Gasteiger partial charge is 0.140 e. The van der Waals surface area contributed by atoms with Crippen LogP contribution in [0.1, 0.15) is 71.1 Å². The van der Waals surface area contributed by atoms with Gasteiger partial charge in [0.25, 0.3) is 0 Å². The fourth-order valence-corrected chi connectivity index (χ4v) is 7.13. The molecule has 4 aliphatic rings. The predicted octanol–water partition coefficient (Wildman–Crippen LogP) is 4.17. The second kappa shape index (κ2) is 5.20. The third-order valence-electron chi connectivity index (χ3n) is 8.34. The zero-order valence-corrected chi connectivity index (χ0v) is 14.3. The average Bonchev–Trinajstić information content (AvgIpc) is 2.86. The van der Waals surface area contributed by atoms with Crippen LogP contribution in [0.4, 0.5) is 0 Å². The van der Waals surface area contributed by atoms with Crippen LogP contribution in [0.15, 0.2) is 0 Å². The molecule has 1 unspecified atom stereocenters.